The highest BCUT2D eigenvalue weighted by atomic mass is 16.5. The van der Waals surface area contributed by atoms with Crippen molar-refractivity contribution in [2.45, 2.75) is 165 Å². The van der Waals surface area contributed by atoms with Crippen molar-refractivity contribution in [2.75, 3.05) is 19.7 Å². The van der Waals surface area contributed by atoms with Crippen molar-refractivity contribution in [1.29, 1.82) is 0 Å². The number of fused-ring (bicyclic) bond motifs is 5. The quantitative estimate of drug-likeness (QED) is 0.174. The summed E-state index contributed by atoms with van der Waals surface area (Å²) in [6.45, 7) is 9.10. The molecule has 11 heteroatoms. The van der Waals surface area contributed by atoms with Crippen molar-refractivity contribution >= 4 is 11.5 Å². The van der Waals surface area contributed by atoms with Gasteiger partial charge in [-0.25, -0.2) is 0 Å². The molecular formula is C41H70N3O8+. The van der Waals surface area contributed by atoms with Crippen molar-refractivity contribution in [3.8, 4) is 0 Å². The number of nitrogens with two attached hydrogens (primary N) is 2. The largest absolute Gasteiger partial charge is 0.391 e. The molecule has 0 radical (unpaired) electrons. The average molecular weight is 733 g/mol. The van der Waals surface area contributed by atoms with Crippen LogP contribution < -0.4 is 11.1 Å². The van der Waals surface area contributed by atoms with Gasteiger partial charge in [0.25, 0.3) is 0 Å². The van der Waals surface area contributed by atoms with Crippen LogP contribution in [0.1, 0.15) is 118 Å². The van der Waals surface area contributed by atoms with Crippen LogP contribution in [0.2, 0.25) is 0 Å². The molecule has 0 amide bonds. The first-order chi connectivity index (χ1) is 24.5. The summed E-state index contributed by atoms with van der Waals surface area (Å²) >= 11 is 0. The highest BCUT2D eigenvalue weighted by Gasteiger charge is 2.74. The summed E-state index contributed by atoms with van der Waals surface area (Å²) in [7, 11) is 0. The van der Waals surface area contributed by atoms with Crippen molar-refractivity contribution in [1.82, 2.24) is 0 Å². The topological polar surface area (TPSA) is 203 Å². The molecule has 11 nitrogen and oxygen atoms in total. The third-order valence-electron chi connectivity index (χ3n) is 16.8. The number of ether oxygens (including phenoxy) is 1. The van der Waals surface area contributed by atoms with Crippen molar-refractivity contribution < 1.29 is 45.5 Å². The number of aliphatic hydroxyl groups is 6. The summed E-state index contributed by atoms with van der Waals surface area (Å²) in [5.74, 6) is -0.545. The molecule has 10 N–H and O–H groups in total. The van der Waals surface area contributed by atoms with E-state index in [0.717, 1.165) is 25.8 Å². The number of Topliss-reactive ketones (excluding diaryl/α,β-unsaturated/α-hetero) is 1. The Labute approximate surface area is 310 Å². The number of carbonyl (C=O) groups is 1. The van der Waals surface area contributed by atoms with Crippen molar-refractivity contribution in [2.24, 2.45) is 68.9 Å². The molecule has 0 spiro atoms. The summed E-state index contributed by atoms with van der Waals surface area (Å²) < 4.78 is 6.32. The van der Waals surface area contributed by atoms with Gasteiger partial charge in [0.15, 0.2) is 5.78 Å². The van der Waals surface area contributed by atoms with E-state index in [4.69, 9.17) is 15.5 Å². The van der Waals surface area contributed by atoms with E-state index in [-0.39, 0.29) is 43.2 Å². The number of piperidine rings is 1. The molecule has 0 bridgehead atoms. The number of nitrogens with zero attached hydrogens (tertiary/aromatic N) is 1. The first kappa shape index (κ1) is 39.2. The molecule has 5 aliphatic carbocycles. The zero-order chi connectivity index (χ0) is 37.4. The van der Waals surface area contributed by atoms with E-state index in [9.17, 15) is 35.4 Å². The monoisotopic (exact) mass is 733 g/mol. The number of hydrogen-bond acceptors (Lipinski definition) is 10. The maximum atomic E-state index is 14.9. The van der Waals surface area contributed by atoms with Crippen LogP contribution in [0, 0.1) is 58.2 Å². The Hall–Kier alpha value is -1.02. The third kappa shape index (κ3) is 6.28. The summed E-state index contributed by atoms with van der Waals surface area (Å²) in [5.41, 5.74) is 2.02. The average Bonchev–Trinajstić information content (AvgIpc) is 3.83. The summed E-state index contributed by atoms with van der Waals surface area (Å²) in [6.07, 6.45) is 6.58. The second-order valence-electron chi connectivity index (χ2n) is 19.5. The smallest absolute Gasteiger partial charge is 0.180 e. The predicted molar refractivity (Wildman–Crippen MR) is 196 cm³/mol. The van der Waals surface area contributed by atoms with Gasteiger partial charge in [0.2, 0.25) is 0 Å². The van der Waals surface area contributed by atoms with E-state index in [2.05, 4.69) is 12.2 Å². The molecule has 7 fully saturated rings. The number of carbonyl (C=O) groups excluding carboxylic acids is 1. The van der Waals surface area contributed by atoms with Gasteiger partial charge in [0.1, 0.15) is 12.3 Å². The molecule has 17 unspecified atom stereocenters. The van der Waals surface area contributed by atoms with E-state index in [0.29, 0.717) is 62.2 Å². The third-order valence-corrected chi connectivity index (χ3v) is 16.8. The second kappa shape index (κ2) is 14.5. The fourth-order valence-electron chi connectivity index (χ4n) is 13.8. The molecule has 0 aromatic carbocycles. The molecule has 7 rings (SSSR count). The van der Waals surface area contributed by atoms with Gasteiger partial charge in [-0.15, -0.1) is 0 Å². The van der Waals surface area contributed by atoms with E-state index in [1.165, 1.54) is 25.7 Å². The van der Waals surface area contributed by atoms with E-state index in [1.807, 2.05) is 6.92 Å². The summed E-state index contributed by atoms with van der Waals surface area (Å²) in [4.78, 5) is 19.7. The Bertz CT molecular complexity index is 1330. The van der Waals surface area contributed by atoms with Gasteiger partial charge >= 0.3 is 0 Å². The van der Waals surface area contributed by atoms with Crippen LogP contribution >= 0.6 is 0 Å². The van der Waals surface area contributed by atoms with Crippen molar-refractivity contribution in [3.05, 3.63) is 0 Å². The van der Waals surface area contributed by atoms with Gasteiger partial charge in [0.05, 0.1) is 61.0 Å². The van der Waals surface area contributed by atoms with Crippen LogP contribution in [-0.4, -0.2) is 110 Å². The lowest BCUT2D eigenvalue weighted by Crippen LogP contribution is -2.95. The van der Waals surface area contributed by atoms with E-state index >= 15 is 0 Å². The fourth-order valence-corrected chi connectivity index (χ4v) is 13.8. The molecular weight excluding hydrogens is 662 g/mol. The molecule has 2 heterocycles. The minimum atomic E-state index is -1.56. The van der Waals surface area contributed by atoms with Gasteiger partial charge in [0, 0.05) is 29.6 Å². The zero-order valence-electron chi connectivity index (χ0n) is 32.2. The first-order valence-corrected chi connectivity index (χ1v) is 21.0. The van der Waals surface area contributed by atoms with E-state index < -0.39 is 70.3 Å². The second-order valence-corrected chi connectivity index (χ2v) is 19.5. The molecule has 17 atom stereocenters. The van der Waals surface area contributed by atoms with Crippen LogP contribution in [0.5, 0.6) is 0 Å². The molecule has 296 valence electrons. The lowest BCUT2D eigenvalue weighted by Gasteiger charge is -2.65. The predicted octanol–water partition coefficient (Wildman–Crippen LogP) is 1.67. The molecule has 2 aliphatic heterocycles. The summed E-state index contributed by atoms with van der Waals surface area (Å²) in [6, 6.07) is 0. The fraction of sp³-hybridized carbons (Fsp3) is 0.951. The van der Waals surface area contributed by atoms with Crippen LogP contribution in [0.4, 0.5) is 0 Å². The molecule has 0 aromatic rings. The van der Waals surface area contributed by atoms with Crippen LogP contribution in [-0.2, 0) is 9.53 Å². The minimum Gasteiger partial charge on any atom is -0.391 e. The minimum absolute atomic E-state index is 0.0269. The number of aliphatic imine (C=N–C) groups is 1. The highest BCUT2D eigenvalue weighted by Crippen LogP contribution is 2.70. The van der Waals surface area contributed by atoms with Crippen LogP contribution in [0.3, 0.4) is 0 Å². The number of ketones is 1. The number of quaternary nitrogens is 1. The maximum Gasteiger partial charge on any atom is 0.180 e. The lowest BCUT2D eigenvalue weighted by molar-refractivity contribution is -0.703. The normalized spacial score (nSPS) is 50.0. The molecule has 0 aromatic heterocycles. The van der Waals surface area contributed by atoms with Gasteiger partial charge in [-0.05, 0) is 107 Å². The Balaban J connectivity index is 1.22. The summed E-state index contributed by atoms with van der Waals surface area (Å²) in [5, 5.41) is 72.8. The lowest BCUT2D eigenvalue weighted by atomic mass is 9.40. The van der Waals surface area contributed by atoms with Gasteiger partial charge in [-0.3, -0.25) is 15.5 Å². The SMILES string of the molecule is CC(O)CN=C1C(=O)C2CC(O)C(O)CC2(CCC2CCC(N)[NH2+]C2)C2CCC3(C)C(C(C)(O)C(O)C4OCC(C5CCCC5)C4C)CCC3(O)C12. The molecule has 52 heavy (non-hydrogen) atoms. The van der Waals surface area contributed by atoms with Gasteiger partial charge in [-0.1, -0.05) is 39.5 Å². The highest BCUT2D eigenvalue weighted by molar-refractivity contribution is 6.42. The van der Waals surface area contributed by atoms with Gasteiger partial charge < -0.3 is 40.7 Å². The van der Waals surface area contributed by atoms with Crippen LogP contribution in [0.15, 0.2) is 4.99 Å². The maximum absolute atomic E-state index is 14.9. The molecule has 2 saturated heterocycles. The van der Waals surface area contributed by atoms with Crippen molar-refractivity contribution in [3.63, 3.8) is 0 Å². The Morgan fingerprint density at radius 3 is 2.48 bits per heavy atom. The number of aliphatic hydroxyl groups excluding tert-OH is 4. The standard InChI is InChI=1S/C41H69N3O8/c1-22(45)19-44-34-33-27(40(15-11-24-9-10-32(42)43-20-24)18-30(47)29(46)17-28(40)35(34)48)12-14-38(3)31(13-16-41(33,38)51)39(4,50)37(49)36-23(2)26(21-52-36)25-7-5-6-8-25/h22-33,36-37,43,45-47,49-51H,5-21,42H2,1-4H3/p+1. The number of rotatable bonds is 9. The zero-order valence-corrected chi connectivity index (χ0v) is 32.2. The Kier molecular flexibility index (Phi) is 10.9. The molecule has 7 aliphatic rings. The van der Waals surface area contributed by atoms with E-state index in [1.54, 1.807) is 13.8 Å². The Morgan fingerprint density at radius 1 is 1.08 bits per heavy atom. The first-order valence-electron chi connectivity index (χ1n) is 21.0. The Morgan fingerprint density at radius 2 is 1.81 bits per heavy atom. The molecule has 5 saturated carbocycles. The number of hydrogen-bond donors (Lipinski definition) is 8. The van der Waals surface area contributed by atoms with Gasteiger partial charge in [-0.2, -0.15) is 0 Å². The van der Waals surface area contributed by atoms with Crippen LogP contribution in [0.25, 0.3) is 0 Å².